The van der Waals surface area contributed by atoms with Crippen LogP contribution in [-0.4, -0.2) is 115 Å². The van der Waals surface area contributed by atoms with Crippen LogP contribution in [0.2, 0.25) is 0 Å². The molecule has 4 aliphatic heterocycles. The first-order valence-corrected chi connectivity index (χ1v) is 16.6. The Bertz CT molecular complexity index is 1070. The minimum Gasteiger partial charge on any atom is -0.458 e. The van der Waals surface area contributed by atoms with Crippen LogP contribution in [-0.2, 0) is 38.0 Å². The Hall–Kier alpha value is -1.83. The van der Waals surface area contributed by atoms with E-state index in [1.165, 1.54) is 0 Å². The minimum absolute atomic E-state index is 0.00524. The average molecular weight is 641 g/mol. The van der Waals surface area contributed by atoms with Crippen molar-refractivity contribution in [2.45, 2.75) is 141 Å². The molecule has 4 rings (SSSR count). The summed E-state index contributed by atoms with van der Waals surface area (Å²) >= 11 is 0. The fourth-order valence-electron chi connectivity index (χ4n) is 7.62. The lowest BCUT2D eigenvalue weighted by Gasteiger charge is -2.46. The standard InChI is InChI=1S/C33H56N2O10/c1-11-24-33(8)28(34-31(39)45-33)21(6)26(36)18(3)14-32(7)25(44-30-27(37)22(35(9)10)12-19(4)42-30)13-23(20(5)29(38)43-24)40-15-17(2)16-41-32/h17-25,27-28,30,37H,11-16H2,1-10H3,(H,34,39)/t17?,18-,19-,20-,21+,22+,23-,24-,25-,27-,28?,30?,32+,33?/m1/s1. The number of Topliss-reactive ketones (excluding diaryl/α,β-unsaturated/α-hetero) is 1. The molecule has 0 aromatic heterocycles. The molecule has 4 unspecified atom stereocenters. The van der Waals surface area contributed by atoms with Crippen LogP contribution in [0, 0.1) is 23.7 Å². The van der Waals surface area contributed by atoms with Crippen molar-refractivity contribution in [1.29, 1.82) is 0 Å². The summed E-state index contributed by atoms with van der Waals surface area (Å²) in [6, 6.07) is -0.903. The van der Waals surface area contributed by atoms with Crippen LogP contribution in [0.25, 0.3) is 0 Å². The van der Waals surface area contributed by atoms with Gasteiger partial charge in [-0.3, -0.25) is 9.59 Å². The number of rotatable bonds is 4. The molecule has 258 valence electrons. The number of ketones is 1. The van der Waals surface area contributed by atoms with Gasteiger partial charge in [0, 0.05) is 30.2 Å². The van der Waals surface area contributed by atoms with E-state index in [-0.39, 0.29) is 30.3 Å². The zero-order chi connectivity index (χ0) is 33.4. The van der Waals surface area contributed by atoms with Crippen molar-refractivity contribution in [3.8, 4) is 0 Å². The van der Waals surface area contributed by atoms with Crippen LogP contribution in [0.5, 0.6) is 0 Å². The fourth-order valence-corrected chi connectivity index (χ4v) is 7.62. The lowest BCUT2D eigenvalue weighted by molar-refractivity contribution is -0.294. The molecule has 4 heterocycles. The number of fused-ring (bicyclic) bond motifs is 4. The Labute approximate surface area is 268 Å². The van der Waals surface area contributed by atoms with Gasteiger partial charge in [0.2, 0.25) is 0 Å². The van der Waals surface area contributed by atoms with Gasteiger partial charge < -0.3 is 43.7 Å². The third-order valence-electron chi connectivity index (χ3n) is 10.5. The van der Waals surface area contributed by atoms with Crippen molar-refractivity contribution in [1.82, 2.24) is 10.2 Å². The predicted octanol–water partition coefficient (Wildman–Crippen LogP) is 3.07. The highest BCUT2D eigenvalue weighted by molar-refractivity contribution is 5.85. The van der Waals surface area contributed by atoms with Gasteiger partial charge in [0.15, 0.2) is 11.9 Å². The maximum Gasteiger partial charge on any atom is 0.408 e. The first-order chi connectivity index (χ1) is 21.0. The predicted molar refractivity (Wildman–Crippen MR) is 164 cm³/mol. The lowest BCUT2D eigenvalue weighted by atomic mass is 9.75. The van der Waals surface area contributed by atoms with Gasteiger partial charge in [0.1, 0.15) is 18.0 Å². The number of nitrogens with one attached hydrogen (secondary N) is 1. The number of hydrogen-bond donors (Lipinski definition) is 2. The van der Waals surface area contributed by atoms with Gasteiger partial charge in [0.25, 0.3) is 0 Å². The van der Waals surface area contributed by atoms with Crippen molar-refractivity contribution < 1.29 is 47.9 Å². The van der Waals surface area contributed by atoms with Crippen LogP contribution in [0.15, 0.2) is 0 Å². The van der Waals surface area contributed by atoms with E-state index in [9.17, 15) is 19.5 Å². The Morgan fingerprint density at radius 3 is 2.36 bits per heavy atom. The van der Waals surface area contributed by atoms with E-state index >= 15 is 0 Å². The van der Waals surface area contributed by atoms with Crippen LogP contribution in [0.3, 0.4) is 0 Å². The highest BCUT2D eigenvalue weighted by Crippen LogP contribution is 2.40. The maximum absolute atomic E-state index is 14.1. The van der Waals surface area contributed by atoms with Gasteiger partial charge in [0.05, 0.1) is 49.1 Å². The smallest absolute Gasteiger partial charge is 0.408 e. The molecule has 12 nitrogen and oxygen atoms in total. The summed E-state index contributed by atoms with van der Waals surface area (Å²) in [6.07, 6.45) is -3.32. The SMILES string of the molecule is CC[C@H]1OC(=O)[C@H](C)[C@H]2C[C@@H](OC3O[C@H](C)C[C@H](N(C)C)[C@H]3O)[C@](C)(C[C@@H](C)C(=O)[C@H](C)C3NC(=O)OC31C)OCC(C)CO2. The quantitative estimate of drug-likeness (QED) is 0.438. The van der Waals surface area contributed by atoms with Gasteiger partial charge in [-0.25, -0.2) is 4.79 Å². The Kier molecular flexibility index (Phi) is 11.3. The second-order valence-corrected chi connectivity index (χ2v) is 14.6. The third kappa shape index (κ3) is 7.51. The van der Waals surface area contributed by atoms with Crippen LogP contribution >= 0.6 is 0 Å². The topological polar surface area (TPSA) is 142 Å². The number of carbonyl (C=O) groups is 3. The summed E-state index contributed by atoms with van der Waals surface area (Å²) in [5.41, 5.74) is -2.27. The zero-order valence-corrected chi connectivity index (χ0v) is 28.7. The minimum atomic E-state index is -1.25. The number of likely N-dealkylation sites (N-methyl/N-ethyl adjacent to an activating group) is 1. The first kappa shape index (κ1) is 36.0. The Morgan fingerprint density at radius 1 is 1.02 bits per heavy atom. The number of carbonyl (C=O) groups excluding carboxylic acids is 3. The van der Waals surface area contributed by atoms with Gasteiger partial charge >= 0.3 is 12.1 Å². The van der Waals surface area contributed by atoms with Crippen molar-refractivity contribution in [2.24, 2.45) is 23.7 Å². The van der Waals surface area contributed by atoms with E-state index in [0.29, 0.717) is 32.5 Å². The van der Waals surface area contributed by atoms with E-state index in [0.717, 1.165) is 0 Å². The molecular formula is C33H56N2O10. The molecule has 2 bridgehead atoms. The normalized spacial score (nSPS) is 47.1. The van der Waals surface area contributed by atoms with Gasteiger partial charge in [-0.15, -0.1) is 0 Å². The molecule has 0 spiro atoms. The summed E-state index contributed by atoms with van der Waals surface area (Å²) in [4.78, 5) is 42.5. The molecule has 14 atom stereocenters. The van der Waals surface area contributed by atoms with Crippen LogP contribution in [0.1, 0.15) is 81.1 Å². The Balaban J connectivity index is 1.78. The molecular weight excluding hydrogens is 584 g/mol. The number of alkyl carbamates (subject to hydrolysis) is 1. The zero-order valence-electron chi connectivity index (χ0n) is 28.7. The van der Waals surface area contributed by atoms with Gasteiger partial charge in [-0.05, 0) is 61.1 Å². The first-order valence-electron chi connectivity index (χ1n) is 16.6. The Morgan fingerprint density at radius 2 is 1.71 bits per heavy atom. The highest BCUT2D eigenvalue weighted by Gasteiger charge is 2.57. The molecule has 4 aliphatic rings. The number of hydrogen-bond acceptors (Lipinski definition) is 11. The highest BCUT2D eigenvalue weighted by atomic mass is 16.7. The van der Waals surface area contributed by atoms with Crippen molar-refractivity contribution in [3.63, 3.8) is 0 Å². The molecule has 45 heavy (non-hydrogen) atoms. The number of ether oxygens (including phenoxy) is 6. The summed E-state index contributed by atoms with van der Waals surface area (Å²) in [7, 11) is 3.83. The van der Waals surface area contributed by atoms with Crippen LogP contribution in [0.4, 0.5) is 4.79 Å². The number of aliphatic hydroxyl groups is 1. The van der Waals surface area contributed by atoms with Crippen molar-refractivity contribution in [2.75, 3.05) is 27.3 Å². The van der Waals surface area contributed by atoms with Gasteiger partial charge in [-0.2, -0.15) is 0 Å². The monoisotopic (exact) mass is 640 g/mol. The number of esters is 1. The van der Waals surface area contributed by atoms with E-state index in [2.05, 4.69) is 5.32 Å². The molecule has 0 saturated carbocycles. The summed E-state index contributed by atoms with van der Waals surface area (Å²) in [5, 5.41) is 14.2. The molecule has 12 heteroatoms. The van der Waals surface area contributed by atoms with E-state index in [4.69, 9.17) is 28.4 Å². The molecule has 0 radical (unpaired) electrons. The largest absolute Gasteiger partial charge is 0.458 e. The molecule has 0 aromatic rings. The number of nitrogens with zero attached hydrogens (tertiary/aromatic N) is 1. The summed E-state index contributed by atoms with van der Waals surface area (Å²) in [5.74, 6) is -2.44. The van der Waals surface area contributed by atoms with E-state index < -0.39 is 77.8 Å². The van der Waals surface area contributed by atoms with Gasteiger partial charge in [-0.1, -0.05) is 27.7 Å². The molecule has 2 N–H and O–H groups in total. The molecule has 0 aliphatic carbocycles. The lowest BCUT2D eigenvalue weighted by Crippen LogP contribution is -2.59. The third-order valence-corrected chi connectivity index (χ3v) is 10.5. The van der Waals surface area contributed by atoms with E-state index in [1.807, 2.05) is 53.6 Å². The molecule has 4 saturated heterocycles. The molecule has 0 aromatic carbocycles. The average Bonchev–Trinajstić information content (AvgIpc) is 3.31. The van der Waals surface area contributed by atoms with E-state index in [1.54, 1.807) is 20.8 Å². The molecule has 1 amide bonds. The van der Waals surface area contributed by atoms with Crippen LogP contribution < -0.4 is 5.32 Å². The number of amides is 1. The molecule has 4 fully saturated rings. The number of cyclic esters (lactones) is 1. The summed E-state index contributed by atoms with van der Waals surface area (Å²) in [6.45, 7) is 15.6. The number of aliphatic hydroxyl groups excluding tert-OH is 1. The van der Waals surface area contributed by atoms with Crippen molar-refractivity contribution >= 4 is 17.8 Å². The summed E-state index contributed by atoms with van der Waals surface area (Å²) < 4.78 is 37.8. The second kappa shape index (κ2) is 14.1. The maximum atomic E-state index is 14.1. The fraction of sp³-hybridized carbons (Fsp3) is 0.909. The second-order valence-electron chi connectivity index (χ2n) is 14.6. The van der Waals surface area contributed by atoms with Crippen molar-refractivity contribution in [3.05, 3.63) is 0 Å².